The van der Waals surface area contributed by atoms with Crippen LogP contribution in [0.3, 0.4) is 0 Å². The van der Waals surface area contributed by atoms with E-state index in [-0.39, 0.29) is 6.09 Å². The van der Waals surface area contributed by atoms with Crippen LogP contribution in [0.4, 0.5) is 10.6 Å². The van der Waals surface area contributed by atoms with Gasteiger partial charge in [0.05, 0.1) is 6.61 Å². The molecule has 0 atom stereocenters. The van der Waals surface area contributed by atoms with Gasteiger partial charge in [-0.15, -0.1) is 0 Å². The van der Waals surface area contributed by atoms with Gasteiger partial charge in [-0.2, -0.15) is 0 Å². The molecule has 0 aliphatic carbocycles. The van der Waals surface area contributed by atoms with Crippen molar-refractivity contribution in [2.45, 2.75) is 32.4 Å². The van der Waals surface area contributed by atoms with E-state index in [2.05, 4.69) is 35.4 Å². The largest absolute Gasteiger partial charge is 0.450 e. The van der Waals surface area contributed by atoms with Crippen LogP contribution in [-0.2, 0) is 11.3 Å². The van der Waals surface area contributed by atoms with E-state index in [4.69, 9.17) is 4.74 Å². The van der Waals surface area contributed by atoms with Gasteiger partial charge in [-0.1, -0.05) is 0 Å². The second-order valence-corrected chi connectivity index (χ2v) is 5.89. The predicted molar refractivity (Wildman–Crippen MR) is 86.9 cm³/mol. The number of anilines is 1. The Bertz CT molecular complexity index is 485. The molecule has 22 heavy (non-hydrogen) atoms. The molecule has 1 aliphatic heterocycles. The molecule has 1 amide bonds. The van der Waals surface area contributed by atoms with E-state index in [1.807, 2.05) is 19.2 Å². The number of carbonyl (C=O) groups excluding carboxylic acids is 1. The molecule has 1 aliphatic rings. The number of carbonyl (C=O) groups is 1. The Hall–Kier alpha value is -1.82. The molecular formula is C16H26N4O2. The van der Waals surface area contributed by atoms with Crippen LogP contribution in [0.1, 0.15) is 25.3 Å². The average Bonchev–Trinajstić information content (AvgIpc) is 2.48. The van der Waals surface area contributed by atoms with Crippen molar-refractivity contribution in [2.24, 2.45) is 0 Å². The van der Waals surface area contributed by atoms with Crippen LogP contribution < -0.4 is 5.32 Å². The lowest BCUT2D eigenvalue weighted by Crippen LogP contribution is -2.42. The highest BCUT2D eigenvalue weighted by molar-refractivity contribution is 5.67. The minimum absolute atomic E-state index is 0.202. The van der Waals surface area contributed by atoms with Crippen LogP contribution in [0.25, 0.3) is 0 Å². The van der Waals surface area contributed by atoms with E-state index in [0.29, 0.717) is 12.6 Å². The molecule has 0 spiro atoms. The SMILES string of the molecule is CCOC(=O)N1CCC(Nc2cc(CN(C)C)ccn2)CC1. The third-order valence-electron chi connectivity index (χ3n) is 3.70. The van der Waals surface area contributed by atoms with Crippen molar-refractivity contribution in [2.75, 3.05) is 39.1 Å². The Morgan fingerprint density at radius 1 is 1.45 bits per heavy atom. The summed E-state index contributed by atoms with van der Waals surface area (Å²) in [7, 11) is 4.11. The zero-order chi connectivity index (χ0) is 15.9. The fourth-order valence-electron chi connectivity index (χ4n) is 2.65. The lowest BCUT2D eigenvalue weighted by Gasteiger charge is -2.31. The topological polar surface area (TPSA) is 57.7 Å². The van der Waals surface area contributed by atoms with Crippen molar-refractivity contribution in [3.63, 3.8) is 0 Å². The summed E-state index contributed by atoms with van der Waals surface area (Å²) in [5.74, 6) is 0.911. The monoisotopic (exact) mass is 306 g/mol. The summed E-state index contributed by atoms with van der Waals surface area (Å²) >= 11 is 0. The maximum Gasteiger partial charge on any atom is 0.409 e. The molecule has 1 N–H and O–H groups in total. The number of nitrogens with one attached hydrogen (secondary N) is 1. The van der Waals surface area contributed by atoms with Gasteiger partial charge < -0.3 is 19.9 Å². The summed E-state index contributed by atoms with van der Waals surface area (Å²) in [6.07, 6.45) is 3.47. The maximum atomic E-state index is 11.7. The molecular weight excluding hydrogens is 280 g/mol. The van der Waals surface area contributed by atoms with Gasteiger partial charge in [0.1, 0.15) is 5.82 Å². The highest BCUT2D eigenvalue weighted by Crippen LogP contribution is 2.17. The lowest BCUT2D eigenvalue weighted by atomic mass is 10.1. The molecule has 0 aromatic carbocycles. The fraction of sp³-hybridized carbons (Fsp3) is 0.625. The van der Waals surface area contributed by atoms with E-state index in [0.717, 1.165) is 38.3 Å². The number of hydrogen-bond donors (Lipinski definition) is 1. The van der Waals surface area contributed by atoms with E-state index in [9.17, 15) is 4.79 Å². The first-order valence-corrected chi connectivity index (χ1v) is 7.86. The zero-order valence-electron chi connectivity index (χ0n) is 13.7. The first-order valence-electron chi connectivity index (χ1n) is 7.86. The molecule has 0 radical (unpaired) electrons. The van der Waals surface area contributed by atoms with Crippen LogP contribution in [0.5, 0.6) is 0 Å². The van der Waals surface area contributed by atoms with Crippen LogP contribution in [-0.4, -0.2) is 60.7 Å². The summed E-state index contributed by atoms with van der Waals surface area (Å²) in [6.45, 7) is 4.62. The molecule has 1 aromatic heterocycles. The Kier molecular flexibility index (Phi) is 6.00. The minimum Gasteiger partial charge on any atom is -0.450 e. The van der Waals surface area contributed by atoms with Gasteiger partial charge in [0.2, 0.25) is 0 Å². The Morgan fingerprint density at radius 3 is 2.82 bits per heavy atom. The summed E-state index contributed by atoms with van der Waals surface area (Å²) in [5.41, 5.74) is 1.24. The van der Waals surface area contributed by atoms with E-state index >= 15 is 0 Å². The number of ether oxygens (including phenoxy) is 1. The Balaban J connectivity index is 1.84. The maximum absolute atomic E-state index is 11.7. The number of nitrogens with zero attached hydrogens (tertiary/aromatic N) is 3. The predicted octanol–water partition coefficient (Wildman–Crippen LogP) is 2.18. The second kappa shape index (κ2) is 7.98. The summed E-state index contributed by atoms with van der Waals surface area (Å²) < 4.78 is 5.04. The number of piperidine rings is 1. The van der Waals surface area contributed by atoms with Gasteiger partial charge in [-0.3, -0.25) is 0 Å². The van der Waals surface area contributed by atoms with Crippen molar-refractivity contribution < 1.29 is 9.53 Å². The highest BCUT2D eigenvalue weighted by Gasteiger charge is 2.23. The van der Waals surface area contributed by atoms with Crippen molar-refractivity contribution in [1.29, 1.82) is 0 Å². The Labute approximate surface area is 132 Å². The molecule has 2 heterocycles. The molecule has 0 saturated carbocycles. The number of amides is 1. The smallest absolute Gasteiger partial charge is 0.409 e. The summed E-state index contributed by atoms with van der Waals surface area (Å²) in [4.78, 5) is 20.0. The van der Waals surface area contributed by atoms with Gasteiger partial charge >= 0.3 is 6.09 Å². The normalized spacial score (nSPS) is 15.9. The van der Waals surface area contributed by atoms with Crippen LogP contribution in [0.2, 0.25) is 0 Å². The molecule has 122 valence electrons. The molecule has 6 nitrogen and oxygen atoms in total. The third-order valence-corrected chi connectivity index (χ3v) is 3.70. The van der Waals surface area contributed by atoms with Crippen LogP contribution in [0, 0.1) is 0 Å². The van der Waals surface area contributed by atoms with E-state index in [1.54, 1.807) is 4.90 Å². The average molecular weight is 306 g/mol. The van der Waals surface area contributed by atoms with E-state index < -0.39 is 0 Å². The van der Waals surface area contributed by atoms with Crippen molar-refractivity contribution in [3.05, 3.63) is 23.9 Å². The number of pyridine rings is 1. The molecule has 0 bridgehead atoms. The highest BCUT2D eigenvalue weighted by atomic mass is 16.6. The van der Waals surface area contributed by atoms with Gasteiger partial charge in [0.15, 0.2) is 0 Å². The molecule has 2 rings (SSSR count). The van der Waals surface area contributed by atoms with Crippen LogP contribution >= 0.6 is 0 Å². The first-order chi connectivity index (χ1) is 10.6. The number of hydrogen-bond acceptors (Lipinski definition) is 5. The number of aromatic nitrogens is 1. The second-order valence-electron chi connectivity index (χ2n) is 5.89. The fourth-order valence-corrected chi connectivity index (χ4v) is 2.65. The van der Waals surface area contributed by atoms with Crippen molar-refractivity contribution in [1.82, 2.24) is 14.8 Å². The van der Waals surface area contributed by atoms with Gasteiger partial charge in [0, 0.05) is 31.9 Å². The molecule has 1 fully saturated rings. The Morgan fingerprint density at radius 2 is 2.18 bits per heavy atom. The summed E-state index contributed by atoms with van der Waals surface area (Å²) in [6, 6.07) is 4.49. The lowest BCUT2D eigenvalue weighted by molar-refractivity contribution is 0.0983. The summed E-state index contributed by atoms with van der Waals surface area (Å²) in [5, 5.41) is 3.48. The minimum atomic E-state index is -0.202. The molecule has 0 unspecified atom stereocenters. The van der Waals surface area contributed by atoms with Gasteiger partial charge in [0.25, 0.3) is 0 Å². The number of rotatable bonds is 5. The van der Waals surface area contributed by atoms with Crippen LogP contribution in [0.15, 0.2) is 18.3 Å². The van der Waals surface area contributed by atoms with Gasteiger partial charge in [-0.05, 0) is 51.6 Å². The third kappa shape index (κ3) is 4.87. The quantitative estimate of drug-likeness (QED) is 0.903. The van der Waals surface area contributed by atoms with Crippen molar-refractivity contribution in [3.8, 4) is 0 Å². The zero-order valence-corrected chi connectivity index (χ0v) is 13.7. The first kappa shape index (κ1) is 16.5. The molecule has 1 saturated heterocycles. The molecule has 1 aromatic rings. The van der Waals surface area contributed by atoms with E-state index in [1.165, 1.54) is 5.56 Å². The van der Waals surface area contributed by atoms with Gasteiger partial charge in [-0.25, -0.2) is 9.78 Å². The van der Waals surface area contributed by atoms with Crippen molar-refractivity contribution >= 4 is 11.9 Å². The molecule has 6 heteroatoms. The number of likely N-dealkylation sites (tertiary alicyclic amines) is 1. The standard InChI is InChI=1S/C16H26N4O2/c1-4-22-16(21)20-9-6-14(7-10-20)18-15-11-13(5-8-17-15)12-19(2)3/h5,8,11,14H,4,6-7,9-10,12H2,1-3H3,(H,17,18).